The van der Waals surface area contributed by atoms with Crippen LogP contribution in [0.2, 0.25) is 0 Å². The van der Waals surface area contributed by atoms with E-state index in [1.165, 1.54) is 0 Å². The lowest BCUT2D eigenvalue weighted by atomic mass is 10.1. The topological polar surface area (TPSA) is 17.1 Å². The minimum absolute atomic E-state index is 0.414. The van der Waals surface area contributed by atoms with Crippen LogP contribution in [-0.2, 0) is 10.7 Å². The van der Waals surface area contributed by atoms with Gasteiger partial charge in [0.2, 0.25) is 0 Å². The van der Waals surface area contributed by atoms with E-state index in [4.69, 9.17) is 0 Å². The molecule has 1 nitrogen and oxygen atoms in total. The molecule has 0 aromatic heterocycles. The van der Waals surface area contributed by atoms with Crippen LogP contribution in [0.3, 0.4) is 0 Å². The highest BCUT2D eigenvalue weighted by atomic mass is 19.3. The van der Waals surface area contributed by atoms with Gasteiger partial charge in [-0.25, -0.2) is 4.39 Å². The largest absolute Gasteiger partial charge is 0.375 e. The average molecular weight is 192 g/mol. The van der Waals surface area contributed by atoms with Gasteiger partial charge in [-0.2, -0.15) is 13.2 Å². The normalized spacial score (nSPS) is 11.4. The van der Waals surface area contributed by atoms with E-state index in [-0.39, 0.29) is 0 Å². The maximum Gasteiger partial charge on any atom is 0.375 e. The highest BCUT2D eigenvalue weighted by molar-refractivity contribution is 5.78. The van der Waals surface area contributed by atoms with Crippen molar-refractivity contribution in [3.8, 4) is 0 Å². The van der Waals surface area contributed by atoms with Gasteiger partial charge in [0, 0.05) is 5.56 Å². The van der Waals surface area contributed by atoms with Crippen LogP contribution in [-0.4, -0.2) is 6.04 Å². The maximum atomic E-state index is 12.6. The van der Waals surface area contributed by atoms with Crippen molar-refractivity contribution < 1.29 is 22.4 Å². The van der Waals surface area contributed by atoms with Gasteiger partial charge in [-0.1, -0.05) is 12.1 Å². The van der Waals surface area contributed by atoms with Gasteiger partial charge in [-0.15, -0.1) is 0 Å². The highest BCUT2D eigenvalue weighted by Crippen LogP contribution is 2.29. The van der Waals surface area contributed by atoms with E-state index >= 15 is 0 Å². The van der Waals surface area contributed by atoms with E-state index in [2.05, 4.69) is 0 Å². The van der Waals surface area contributed by atoms with E-state index in [1.807, 2.05) is 0 Å². The second kappa shape index (κ2) is 3.16. The van der Waals surface area contributed by atoms with Crippen LogP contribution in [0.1, 0.15) is 5.56 Å². The van der Waals surface area contributed by atoms with E-state index in [0.717, 1.165) is 18.2 Å². The van der Waals surface area contributed by atoms with Gasteiger partial charge in [0.15, 0.2) is 0 Å². The molecule has 0 heterocycles. The van der Waals surface area contributed by atoms with Gasteiger partial charge >= 0.3 is 12.0 Å². The third kappa shape index (κ3) is 1.85. The monoisotopic (exact) mass is 192 g/mol. The molecule has 0 aliphatic rings. The zero-order valence-corrected chi connectivity index (χ0v) is 6.23. The zero-order valence-electron chi connectivity index (χ0n) is 6.23. The standard InChI is InChI=1S/C8H4F4O/c9-6-3-1-2-5(4-6)8(11,12)7(10)13/h1-4H. The molecule has 0 atom stereocenters. The molecule has 0 amide bonds. The number of alkyl halides is 2. The lowest BCUT2D eigenvalue weighted by molar-refractivity contribution is -0.157. The summed E-state index contributed by atoms with van der Waals surface area (Å²) in [6, 6.07) is 0.292. The van der Waals surface area contributed by atoms with Gasteiger partial charge in [-0.3, -0.25) is 4.79 Å². The van der Waals surface area contributed by atoms with Crippen LogP contribution in [0.25, 0.3) is 0 Å². The highest BCUT2D eigenvalue weighted by Gasteiger charge is 2.41. The molecule has 1 aromatic rings. The maximum absolute atomic E-state index is 12.6. The Hall–Kier alpha value is -1.39. The number of rotatable bonds is 2. The second-order valence-electron chi connectivity index (χ2n) is 2.36. The summed E-state index contributed by atoms with van der Waals surface area (Å²) in [6.45, 7) is 0. The molecule has 1 aromatic carbocycles. The summed E-state index contributed by atoms with van der Waals surface area (Å²) in [4.78, 5) is 9.84. The zero-order chi connectivity index (χ0) is 10.1. The molecule has 1 rings (SSSR count). The van der Waals surface area contributed by atoms with Crippen LogP contribution in [0, 0.1) is 5.82 Å². The molecular formula is C8H4F4O. The summed E-state index contributed by atoms with van der Waals surface area (Å²) in [6.07, 6.45) is 0. The smallest absolute Gasteiger partial charge is 0.254 e. The van der Waals surface area contributed by atoms with Crippen molar-refractivity contribution in [1.29, 1.82) is 0 Å². The van der Waals surface area contributed by atoms with Crippen LogP contribution in [0.5, 0.6) is 0 Å². The average Bonchev–Trinajstić information content (AvgIpc) is 2.04. The molecule has 0 saturated carbocycles. The van der Waals surface area contributed by atoms with E-state index < -0.39 is 23.3 Å². The summed E-state index contributed by atoms with van der Waals surface area (Å²) in [5.74, 6) is -5.21. The molecule has 0 bridgehead atoms. The Morgan fingerprint density at radius 1 is 1.31 bits per heavy atom. The van der Waals surface area contributed by atoms with Crippen molar-refractivity contribution in [2.75, 3.05) is 0 Å². The number of halogens is 4. The Labute approximate surface area is 71.0 Å². The van der Waals surface area contributed by atoms with E-state index in [9.17, 15) is 22.4 Å². The summed E-state index contributed by atoms with van der Waals surface area (Å²) in [5, 5.41) is 0. The number of carbonyl (C=O) groups is 1. The quantitative estimate of drug-likeness (QED) is 0.519. The Morgan fingerprint density at radius 3 is 2.38 bits per heavy atom. The summed E-state index contributed by atoms with van der Waals surface area (Å²) >= 11 is 0. The predicted octanol–water partition coefficient (Wildman–Crippen LogP) is 2.41. The van der Waals surface area contributed by atoms with Gasteiger partial charge in [0.25, 0.3) is 0 Å². The van der Waals surface area contributed by atoms with Crippen molar-refractivity contribution in [2.24, 2.45) is 0 Å². The molecule has 70 valence electrons. The molecule has 0 N–H and O–H groups in total. The fourth-order valence-electron chi connectivity index (χ4n) is 0.797. The first-order valence-electron chi connectivity index (χ1n) is 3.28. The van der Waals surface area contributed by atoms with Gasteiger partial charge < -0.3 is 0 Å². The van der Waals surface area contributed by atoms with Crippen LogP contribution in [0.4, 0.5) is 17.6 Å². The Balaban J connectivity index is 3.14. The fourth-order valence-corrected chi connectivity index (χ4v) is 0.797. The third-order valence-corrected chi connectivity index (χ3v) is 1.43. The Kier molecular flexibility index (Phi) is 2.36. The summed E-state index contributed by atoms with van der Waals surface area (Å²) < 4.78 is 49.3. The van der Waals surface area contributed by atoms with Crippen LogP contribution >= 0.6 is 0 Å². The predicted molar refractivity (Wildman–Crippen MR) is 36.4 cm³/mol. The minimum Gasteiger partial charge on any atom is -0.254 e. The lowest BCUT2D eigenvalue weighted by Crippen LogP contribution is -2.22. The van der Waals surface area contributed by atoms with Gasteiger partial charge in [0.05, 0.1) is 0 Å². The van der Waals surface area contributed by atoms with Crippen molar-refractivity contribution in [2.45, 2.75) is 5.92 Å². The first-order valence-corrected chi connectivity index (χ1v) is 3.28. The number of benzene rings is 1. The first kappa shape index (κ1) is 9.70. The van der Waals surface area contributed by atoms with Gasteiger partial charge in [-0.05, 0) is 12.1 Å². The number of hydrogen-bond acceptors (Lipinski definition) is 1. The first-order chi connectivity index (χ1) is 5.94. The summed E-state index contributed by atoms with van der Waals surface area (Å²) in [5.41, 5.74) is -0.986. The third-order valence-electron chi connectivity index (χ3n) is 1.43. The van der Waals surface area contributed by atoms with E-state index in [1.54, 1.807) is 0 Å². The molecule has 0 radical (unpaired) electrons. The molecule has 0 aliphatic heterocycles. The van der Waals surface area contributed by atoms with Gasteiger partial charge in [0.1, 0.15) is 5.82 Å². The van der Waals surface area contributed by atoms with Crippen molar-refractivity contribution in [3.05, 3.63) is 35.6 Å². The molecule has 0 aliphatic carbocycles. The molecule has 0 spiro atoms. The van der Waals surface area contributed by atoms with Crippen molar-refractivity contribution in [3.63, 3.8) is 0 Å². The van der Waals surface area contributed by atoms with Crippen LogP contribution < -0.4 is 0 Å². The number of hydrogen-bond donors (Lipinski definition) is 0. The molecule has 0 unspecified atom stereocenters. The molecular weight excluding hydrogens is 188 g/mol. The molecule has 5 heteroatoms. The Morgan fingerprint density at radius 2 is 1.92 bits per heavy atom. The lowest BCUT2D eigenvalue weighted by Gasteiger charge is -2.09. The summed E-state index contributed by atoms with van der Waals surface area (Å²) in [7, 11) is 0. The SMILES string of the molecule is O=C(F)C(F)(F)c1cccc(F)c1. The second-order valence-corrected chi connectivity index (χ2v) is 2.36. The number of carbonyl (C=O) groups excluding carboxylic acids is 1. The van der Waals surface area contributed by atoms with Crippen molar-refractivity contribution >= 4 is 6.04 Å². The Bertz CT molecular complexity index is 335. The van der Waals surface area contributed by atoms with Crippen LogP contribution in [0.15, 0.2) is 24.3 Å². The van der Waals surface area contributed by atoms with E-state index in [0.29, 0.717) is 6.07 Å². The molecule has 13 heavy (non-hydrogen) atoms. The fraction of sp³-hybridized carbons (Fsp3) is 0.125. The minimum atomic E-state index is -4.26. The molecule has 0 saturated heterocycles. The molecule has 0 fully saturated rings. The van der Waals surface area contributed by atoms with Crippen molar-refractivity contribution in [1.82, 2.24) is 0 Å².